The lowest BCUT2D eigenvalue weighted by molar-refractivity contribution is 0.122. The highest BCUT2D eigenvalue weighted by molar-refractivity contribution is 6.30. The van der Waals surface area contributed by atoms with Crippen LogP contribution in [0.4, 0.5) is 11.8 Å². The Bertz CT molecular complexity index is 775. The standard InChI is InChI=1S/C21H28ClN5O/c1-25(20-5-8-23-21(24-20)27-11-13-28-14-12-27)19-6-9-26(10-7-19)16-17-3-2-4-18(22)15-17/h2-5,8,15,19H,6-7,9-14,16H2,1H3. The maximum Gasteiger partial charge on any atom is 0.227 e. The zero-order chi connectivity index (χ0) is 19.3. The Hall–Kier alpha value is -1.89. The molecular weight excluding hydrogens is 374 g/mol. The summed E-state index contributed by atoms with van der Waals surface area (Å²) in [6.07, 6.45) is 4.14. The van der Waals surface area contributed by atoms with Crippen LogP contribution >= 0.6 is 11.6 Å². The van der Waals surface area contributed by atoms with Gasteiger partial charge in [0.1, 0.15) is 5.82 Å². The normalized spacial score (nSPS) is 19.0. The first kappa shape index (κ1) is 19.4. The summed E-state index contributed by atoms with van der Waals surface area (Å²) in [5, 5.41) is 0.812. The number of nitrogens with zero attached hydrogens (tertiary/aromatic N) is 5. The molecule has 0 unspecified atom stereocenters. The number of likely N-dealkylation sites (tertiary alicyclic amines) is 1. The largest absolute Gasteiger partial charge is 0.378 e. The number of hydrogen-bond donors (Lipinski definition) is 0. The van der Waals surface area contributed by atoms with Crippen molar-refractivity contribution in [3.8, 4) is 0 Å². The molecule has 2 saturated heterocycles. The van der Waals surface area contributed by atoms with E-state index in [2.05, 4.69) is 38.9 Å². The predicted octanol–water partition coefficient (Wildman–Crippen LogP) is 3.07. The fraction of sp³-hybridized carbons (Fsp3) is 0.524. The first-order chi connectivity index (χ1) is 13.7. The van der Waals surface area contributed by atoms with Crippen molar-refractivity contribution in [2.24, 2.45) is 0 Å². The summed E-state index contributed by atoms with van der Waals surface area (Å²) in [6, 6.07) is 10.7. The van der Waals surface area contributed by atoms with Crippen molar-refractivity contribution in [3.05, 3.63) is 47.1 Å². The number of benzene rings is 1. The SMILES string of the molecule is CN(c1ccnc(N2CCOCC2)n1)C1CCN(Cc2cccc(Cl)c2)CC1. The maximum absolute atomic E-state index is 6.12. The van der Waals surface area contributed by atoms with Gasteiger partial charge in [-0.1, -0.05) is 23.7 Å². The Morgan fingerprint density at radius 2 is 1.93 bits per heavy atom. The minimum atomic E-state index is 0.503. The van der Waals surface area contributed by atoms with Gasteiger partial charge >= 0.3 is 0 Å². The Morgan fingerprint density at radius 3 is 2.68 bits per heavy atom. The van der Waals surface area contributed by atoms with Crippen molar-refractivity contribution in [1.82, 2.24) is 14.9 Å². The number of rotatable bonds is 5. The fourth-order valence-corrected chi connectivity index (χ4v) is 4.21. The maximum atomic E-state index is 6.12. The summed E-state index contributed by atoms with van der Waals surface area (Å²) in [6.45, 7) is 6.34. The first-order valence-electron chi connectivity index (χ1n) is 10.0. The summed E-state index contributed by atoms with van der Waals surface area (Å²) >= 11 is 6.12. The van der Waals surface area contributed by atoms with Crippen LogP contribution in [0.15, 0.2) is 36.5 Å². The van der Waals surface area contributed by atoms with E-state index in [-0.39, 0.29) is 0 Å². The van der Waals surface area contributed by atoms with Gasteiger partial charge in [0.05, 0.1) is 13.2 Å². The molecule has 0 bridgehead atoms. The summed E-state index contributed by atoms with van der Waals surface area (Å²) in [4.78, 5) is 16.3. The van der Waals surface area contributed by atoms with Gasteiger partial charge < -0.3 is 14.5 Å². The molecule has 6 nitrogen and oxygen atoms in total. The van der Waals surface area contributed by atoms with Gasteiger partial charge in [-0.05, 0) is 36.6 Å². The van der Waals surface area contributed by atoms with E-state index in [4.69, 9.17) is 21.3 Å². The molecule has 0 spiro atoms. The van der Waals surface area contributed by atoms with E-state index in [0.29, 0.717) is 6.04 Å². The molecule has 3 heterocycles. The van der Waals surface area contributed by atoms with Crippen LogP contribution in [0, 0.1) is 0 Å². The van der Waals surface area contributed by atoms with Gasteiger partial charge in [-0.3, -0.25) is 4.90 Å². The summed E-state index contributed by atoms with van der Waals surface area (Å²) in [5.41, 5.74) is 1.28. The second kappa shape index (κ2) is 9.07. The average Bonchev–Trinajstić information content (AvgIpc) is 2.75. The van der Waals surface area contributed by atoms with E-state index in [1.165, 1.54) is 5.56 Å². The third-order valence-electron chi connectivity index (χ3n) is 5.68. The minimum absolute atomic E-state index is 0.503. The number of morpholine rings is 1. The molecule has 2 aromatic rings. The van der Waals surface area contributed by atoms with Gasteiger partial charge in [0.15, 0.2) is 0 Å². The zero-order valence-electron chi connectivity index (χ0n) is 16.4. The monoisotopic (exact) mass is 401 g/mol. The third kappa shape index (κ3) is 4.74. The summed E-state index contributed by atoms with van der Waals surface area (Å²) < 4.78 is 5.43. The number of hydrogen-bond acceptors (Lipinski definition) is 6. The molecule has 150 valence electrons. The van der Waals surface area contributed by atoms with E-state index in [0.717, 1.165) is 75.6 Å². The molecular formula is C21H28ClN5O. The quantitative estimate of drug-likeness (QED) is 0.767. The lowest BCUT2D eigenvalue weighted by Gasteiger charge is -2.37. The third-order valence-corrected chi connectivity index (χ3v) is 5.92. The van der Waals surface area contributed by atoms with E-state index in [1.807, 2.05) is 24.4 Å². The van der Waals surface area contributed by atoms with E-state index < -0.39 is 0 Å². The van der Waals surface area contributed by atoms with Crippen LogP contribution in [0.25, 0.3) is 0 Å². The van der Waals surface area contributed by atoms with Crippen LogP contribution in [-0.4, -0.2) is 67.4 Å². The van der Waals surface area contributed by atoms with Crippen molar-refractivity contribution in [2.75, 3.05) is 56.2 Å². The number of halogens is 1. The van der Waals surface area contributed by atoms with Gasteiger partial charge in [0, 0.05) is 57.0 Å². The lowest BCUT2D eigenvalue weighted by Crippen LogP contribution is -2.43. The molecule has 7 heteroatoms. The van der Waals surface area contributed by atoms with E-state index >= 15 is 0 Å². The Morgan fingerprint density at radius 1 is 1.14 bits per heavy atom. The Kier molecular flexibility index (Phi) is 6.29. The molecule has 2 fully saturated rings. The van der Waals surface area contributed by atoms with Gasteiger partial charge in [-0.25, -0.2) is 4.98 Å². The van der Waals surface area contributed by atoms with Crippen LogP contribution in [0.2, 0.25) is 5.02 Å². The van der Waals surface area contributed by atoms with Gasteiger partial charge in [-0.2, -0.15) is 4.98 Å². The van der Waals surface area contributed by atoms with Crippen molar-refractivity contribution in [2.45, 2.75) is 25.4 Å². The van der Waals surface area contributed by atoms with Crippen LogP contribution in [-0.2, 0) is 11.3 Å². The zero-order valence-corrected chi connectivity index (χ0v) is 17.2. The molecule has 0 N–H and O–H groups in total. The number of piperidine rings is 1. The summed E-state index contributed by atoms with van der Waals surface area (Å²) in [7, 11) is 2.16. The van der Waals surface area contributed by atoms with Gasteiger partial charge in [0.25, 0.3) is 0 Å². The highest BCUT2D eigenvalue weighted by atomic mass is 35.5. The molecule has 0 amide bonds. The molecule has 2 aliphatic rings. The highest BCUT2D eigenvalue weighted by Gasteiger charge is 2.24. The highest BCUT2D eigenvalue weighted by Crippen LogP contribution is 2.23. The van der Waals surface area contributed by atoms with Crippen LogP contribution in [0.3, 0.4) is 0 Å². The molecule has 0 atom stereocenters. The minimum Gasteiger partial charge on any atom is -0.378 e. The fourth-order valence-electron chi connectivity index (χ4n) is 4.00. The number of anilines is 2. The van der Waals surface area contributed by atoms with Crippen molar-refractivity contribution in [3.63, 3.8) is 0 Å². The van der Waals surface area contributed by atoms with Crippen LogP contribution in [0.1, 0.15) is 18.4 Å². The predicted molar refractivity (Wildman–Crippen MR) is 113 cm³/mol. The molecule has 2 aliphatic heterocycles. The lowest BCUT2D eigenvalue weighted by atomic mass is 10.0. The van der Waals surface area contributed by atoms with Gasteiger partial charge in [-0.15, -0.1) is 0 Å². The van der Waals surface area contributed by atoms with Crippen molar-refractivity contribution >= 4 is 23.4 Å². The van der Waals surface area contributed by atoms with Crippen LogP contribution < -0.4 is 9.80 Å². The Labute approximate surface area is 172 Å². The topological polar surface area (TPSA) is 44.7 Å². The molecule has 0 saturated carbocycles. The van der Waals surface area contributed by atoms with E-state index in [9.17, 15) is 0 Å². The molecule has 4 rings (SSSR count). The molecule has 1 aromatic carbocycles. The number of ether oxygens (including phenoxy) is 1. The van der Waals surface area contributed by atoms with Gasteiger partial charge in [0.2, 0.25) is 5.95 Å². The second-order valence-corrected chi connectivity index (χ2v) is 8.00. The summed E-state index contributed by atoms with van der Waals surface area (Å²) in [5.74, 6) is 1.82. The van der Waals surface area contributed by atoms with Crippen molar-refractivity contribution in [1.29, 1.82) is 0 Å². The van der Waals surface area contributed by atoms with E-state index in [1.54, 1.807) is 0 Å². The Balaban J connectivity index is 1.34. The number of aromatic nitrogens is 2. The first-order valence-corrected chi connectivity index (χ1v) is 10.4. The molecule has 1 aromatic heterocycles. The molecule has 0 aliphatic carbocycles. The average molecular weight is 402 g/mol. The van der Waals surface area contributed by atoms with Crippen molar-refractivity contribution < 1.29 is 4.74 Å². The molecule has 0 radical (unpaired) electrons. The smallest absolute Gasteiger partial charge is 0.227 e. The van der Waals surface area contributed by atoms with Crippen LogP contribution in [0.5, 0.6) is 0 Å². The second-order valence-electron chi connectivity index (χ2n) is 7.56. The molecule has 28 heavy (non-hydrogen) atoms.